The van der Waals surface area contributed by atoms with Gasteiger partial charge in [-0.2, -0.15) is 17.5 Å². The number of hydrogen-bond acceptors (Lipinski definition) is 4. The molecule has 0 aliphatic carbocycles. The summed E-state index contributed by atoms with van der Waals surface area (Å²) in [7, 11) is -3.94. The van der Waals surface area contributed by atoms with E-state index in [1.54, 1.807) is 0 Å². The smallest absolute Gasteiger partial charge is 0.379 e. The SMILES string of the molecule is CCN(CC(F)(F)F)S(=O)(=O)CCOCCN. The molecule has 0 fully saturated rings. The van der Waals surface area contributed by atoms with Crippen LogP contribution in [0.3, 0.4) is 0 Å². The third kappa shape index (κ3) is 7.53. The first kappa shape index (κ1) is 16.6. The molecule has 0 aromatic carbocycles. The normalized spacial score (nSPS) is 13.3. The van der Waals surface area contributed by atoms with Gasteiger partial charge >= 0.3 is 6.18 Å². The summed E-state index contributed by atoms with van der Waals surface area (Å²) in [6.07, 6.45) is -4.54. The minimum atomic E-state index is -4.54. The van der Waals surface area contributed by atoms with E-state index in [2.05, 4.69) is 0 Å². The zero-order valence-electron chi connectivity index (χ0n) is 9.53. The van der Waals surface area contributed by atoms with Gasteiger partial charge in [-0.15, -0.1) is 0 Å². The Bertz CT molecular complexity index is 306. The Morgan fingerprint density at radius 2 is 1.88 bits per heavy atom. The van der Waals surface area contributed by atoms with Crippen LogP contribution in [0.25, 0.3) is 0 Å². The van der Waals surface area contributed by atoms with Gasteiger partial charge in [0.2, 0.25) is 10.0 Å². The van der Waals surface area contributed by atoms with Gasteiger partial charge in [-0.05, 0) is 0 Å². The van der Waals surface area contributed by atoms with Crippen LogP contribution in [-0.2, 0) is 14.8 Å². The Morgan fingerprint density at radius 3 is 2.29 bits per heavy atom. The molecular formula is C8H17F3N2O3S. The van der Waals surface area contributed by atoms with E-state index in [1.165, 1.54) is 6.92 Å². The van der Waals surface area contributed by atoms with Gasteiger partial charge in [-0.25, -0.2) is 8.42 Å². The number of nitrogens with zero attached hydrogens (tertiary/aromatic N) is 1. The predicted molar refractivity (Wildman–Crippen MR) is 57.0 cm³/mol. The number of hydrogen-bond donors (Lipinski definition) is 1. The van der Waals surface area contributed by atoms with Crippen LogP contribution in [0.4, 0.5) is 13.2 Å². The van der Waals surface area contributed by atoms with Crippen molar-refractivity contribution in [2.45, 2.75) is 13.1 Å². The summed E-state index contributed by atoms with van der Waals surface area (Å²) in [4.78, 5) is 0. The van der Waals surface area contributed by atoms with Crippen LogP contribution < -0.4 is 5.73 Å². The average molecular weight is 278 g/mol. The average Bonchev–Trinajstić information content (AvgIpc) is 2.19. The Morgan fingerprint density at radius 1 is 1.29 bits per heavy atom. The standard InChI is InChI=1S/C8H17F3N2O3S/c1-2-13(7-8(9,10)11)17(14,15)6-5-16-4-3-12/h2-7,12H2,1H3. The molecule has 17 heavy (non-hydrogen) atoms. The minimum absolute atomic E-state index is 0.159. The van der Waals surface area contributed by atoms with E-state index in [-0.39, 0.29) is 26.3 Å². The predicted octanol–water partition coefficient (Wildman–Crippen LogP) is 0.176. The van der Waals surface area contributed by atoms with Gasteiger partial charge < -0.3 is 10.5 Å². The summed E-state index contributed by atoms with van der Waals surface area (Å²) < 4.78 is 64.6. The molecule has 0 spiro atoms. The second-order valence-electron chi connectivity index (χ2n) is 3.26. The highest BCUT2D eigenvalue weighted by atomic mass is 32.2. The van der Waals surface area contributed by atoms with E-state index in [4.69, 9.17) is 10.5 Å². The maximum Gasteiger partial charge on any atom is 0.402 e. The third-order valence-corrected chi connectivity index (χ3v) is 3.71. The van der Waals surface area contributed by atoms with Crippen LogP contribution in [0.15, 0.2) is 0 Å². The molecule has 0 bridgehead atoms. The molecule has 9 heteroatoms. The molecule has 0 radical (unpaired) electrons. The first-order valence-corrected chi connectivity index (χ1v) is 6.66. The molecule has 5 nitrogen and oxygen atoms in total. The number of sulfonamides is 1. The van der Waals surface area contributed by atoms with Crippen molar-refractivity contribution in [2.24, 2.45) is 5.73 Å². The van der Waals surface area contributed by atoms with Gasteiger partial charge in [-0.3, -0.25) is 0 Å². The van der Waals surface area contributed by atoms with Gasteiger partial charge in [0.05, 0.1) is 19.0 Å². The summed E-state index contributed by atoms with van der Waals surface area (Å²) in [5.74, 6) is -0.475. The topological polar surface area (TPSA) is 72.6 Å². The summed E-state index contributed by atoms with van der Waals surface area (Å²) in [5.41, 5.74) is 5.11. The monoisotopic (exact) mass is 278 g/mol. The molecule has 104 valence electrons. The maximum absolute atomic E-state index is 12.1. The zero-order valence-corrected chi connectivity index (χ0v) is 10.4. The van der Waals surface area contributed by atoms with Crippen molar-refractivity contribution in [3.05, 3.63) is 0 Å². The van der Waals surface area contributed by atoms with E-state index in [0.717, 1.165) is 0 Å². The van der Waals surface area contributed by atoms with Crippen LogP contribution in [-0.4, -0.2) is 57.5 Å². The third-order valence-electron chi connectivity index (χ3n) is 1.85. The number of halogens is 3. The molecule has 0 amide bonds. The molecule has 0 heterocycles. The highest BCUT2D eigenvalue weighted by Crippen LogP contribution is 2.18. The van der Waals surface area contributed by atoms with E-state index < -0.39 is 28.5 Å². The fourth-order valence-corrected chi connectivity index (χ4v) is 2.41. The van der Waals surface area contributed by atoms with Crippen molar-refractivity contribution < 1.29 is 26.3 Å². The fourth-order valence-electron chi connectivity index (χ4n) is 1.09. The zero-order chi connectivity index (χ0) is 13.5. The van der Waals surface area contributed by atoms with E-state index in [9.17, 15) is 21.6 Å². The molecule has 0 atom stereocenters. The second kappa shape index (κ2) is 7.14. The number of alkyl halides is 3. The lowest BCUT2D eigenvalue weighted by molar-refractivity contribution is -0.135. The minimum Gasteiger partial charge on any atom is -0.379 e. The Labute approximate surface area is 98.8 Å². The Kier molecular flexibility index (Phi) is 6.98. The lowest BCUT2D eigenvalue weighted by Crippen LogP contribution is -2.40. The number of nitrogens with two attached hydrogens (primary N) is 1. The molecule has 0 aliphatic rings. The molecule has 0 aromatic rings. The summed E-state index contributed by atoms with van der Waals surface area (Å²) in [5, 5.41) is 0. The highest BCUT2D eigenvalue weighted by molar-refractivity contribution is 7.89. The van der Waals surface area contributed by atoms with Gasteiger partial charge in [0.25, 0.3) is 0 Å². The lowest BCUT2D eigenvalue weighted by Gasteiger charge is -2.21. The van der Waals surface area contributed by atoms with Gasteiger partial charge in [0.15, 0.2) is 0 Å². The molecule has 0 unspecified atom stereocenters. The van der Waals surface area contributed by atoms with E-state index >= 15 is 0 Å². The molecule has 0 rings (SSSR count). The number of rotatable bonds is 8. The molecule has 0 saturated heterocycles. The van der Waals surface area contributed by atoms with Crippen molar-refractivity contribution in [3.8, 4) is 0 Å². The van der Waals surface area contributed by atoms with E-state index in [1.807, 2.05) is 0 Å². The Hall–Kier alpha value is -0.380. The van der Waals surface area contributed by atoms with Crippen molar-refractivity contribution in [1.82, 2.24) is 4.31 Å². The quantitative estimate of drug-likeness (QED) is 0.643. The fraction of sp³-hybridized carbons (Fsp3) is 1.00. The second-order valence-corrected chi connectivity index (χ2v) is 5.35. The van der Waals surface area contributed by atoms with Crippen molar-refractivity contribution in [1.29, 1.82) is 0 Å². The molecule has 0 aliphatic heterocycles. The van der Waals surface area contributed by atoms with Crippen molar-refractivity contribution in [2.75, 3.05) is 38.6 Å². The molecule has 2 N–H and O–H groups in total. The first-order chi connectivity index (χ1) is 7.73. The largest absolute Gasteiger partial charge is 0.402 e. The van der Waals surface area contributed by atoms with Gasteiger partial charge in [0, 0.05) is 13.1 Å². The first-order valence-electron chi connectivity index (χ1n) is 5.05. The van der Waals surface area contributed by atoms with Crippen LogP contribution in [0.2, 0.25) is 0 Å². The summed E-state index contributed by atoms with van der Waals surface area (Å²) >= 11 is 0. The van der Waals surface area contributed by atoms with Crippen LogP contribution in [0.1, 0.15) is 6.92 Å². The summed E-state index contributed by atoms with van der Waals surface area (Å²) in [6, 6.07) is 0. The van der Waals surface area contributed by atoms with Crippen LogP contribution in [0, 0.1) is 0 Å². The highest BCUT2D eigenvalue weighted by Gasteiger charge is 2.35. The van der Waals surface area contributed by atoms with Gasteiger partial charge in [0.1, 0.15) is 6.54 Å². The van der Waals surface area contributed by atoms with Crippen LogP contribution >= 0.6 is 0 Å². The van der Waals surface area contributed by atoms with Crippen molar-refractivity contribution >= 4 is 10.0 Å². The number of ether oxygens (including phenoxy) is 1. The lowest BCUT2D eigenvalue weighted by atomic mass is 10.6. The Balaban J connectivity index is 4.34. The van der Waals surface area contributed by atoms with E-state index in [0.29, 0.717) is 4.31 Å². The van der Waals surface area contributed by atoms with Crippen molar-refractivity contribution in [3.63, 3.8) is 0 Å². The maximum atomic E-state index is 12.1. The van der Waals surface area contributed by atoms with Crippen LogP contribution in [0.5, 0.6) is 0 Å². The summed E-state index contributed by atoms with van der Waals surface area (Å²) in [6.45, 7) is -0.0830. The molecule has 0 aromatic heterocycles. The van der Waals surface area contributed by atoms with Gasteiger partial charge in [-0.1, -0.05) is 6.92 Å². The molecular weight excluding hydrogens is 261 g/mol. The molecule has 0 saturated carbocycles.